The second kappa shape index (κ2) is 9.57. The quantitative estimate of drug-likeness (QED) is 0.510. The average Bonchev–Trinajstić information content (AvgIpc) is 3.12. The molecule has 0 amide bonds. The zero-order valence-corrected chi connectivity index (χ0v) is 17.5. The van der Waals surface area contributed by atoms with Gasteiger partial charge < -0.3 is 25.3 Å². The molecule has 1 heterocycles. The lowest BCUT2D eigenvalue weighted by Crippen LogP contribution is -2.40. The lowest BCUT2D eigenvalue weighted by molar-refractivity contribution is 0.412. The van der Waals surface area contributed by atoms with Gasteiger partial charge in [-0.1, -0.05) is 30.3 Å². The van der Waals surface area contributed by atoms with E-state index in [0.29, 0.717) is 11.7 Å². The number of nitrogens with zero attached hydrogens (tertiary/aromatic N) is 1. The van der Waals surface area contributed by atoms with Crippen molar-refractivity contribution < 1.29 is 4.74 Å². The van der Waals surface area contributed by atoms with E-state index in [1.165, 1.54) is 16.5 Å². The monoisotopic (exact) mass is 396 g/mol. The van der Waals surface area contributed by atoms with E-state index in [4.69, 9.17) is 17.0 Å². The minimum Gasteiger partial charge on any atom is -0.497 e. The number of fused-ring (bicyclic) bond motifs is 1. The third-order valence-corrected chi connectivity index (χ3v) is 5.11. The van der Waals surface area contributed by atoms with Crippen molar-refractivity contribution in [3.05, 3.63) is 65.9 Å². The molecule has 2 aromatic carbocycles. The topological polar surface area (TPSA) is 52.3 Å². The summed E-state index contributed by atoms with van der Waals surface area (Å²) in [5, 5.41) is 8.58. The van der Waals surface area contributed by atoms with Gasteiger partial charge in [0.25, 0.3) is 0 Å². The van der Waals surface area contributed by atoms with Crippen LogP contribution in [-0.4, -0.2) is 55.8 Å². The first-order valence-corrected chi connectivity index (χ1v) is 9.85. The molecule has 3 rings (SSSR count). The molecule has 0 saturated carbocycles. The number of aromatic amines is 1. The van der Waals surface area contributed by atoms with Gasteiger partial charge in [0.05, 0.1) is 7.11 Å². The Labute approximate surface area is 172 Å². The second-order valence-corrected chi connectivity index (χ2v) is 7.46. The summed E-state index contributed by atoms with van der Waals surface area (Å²) in [4.78, 5) is 5.52. The summed E-state index contributed by atoms with van der Waals surface area (Å²) in [6.07, 6.45) is 2.10. The minimum atomic E-state index is 0.163. The molecule has 0 bridgehead atoms. The number of H-pyrrole nitrogens is 1. The molecule has 0 aliphatic rings. The van der Waals surface area contributed by atoms with E-state index < -0.39 is 0 Å². The first-order chi connectivity index (χ1) is 13.6. The van der Waals surface area contributed by atoms with E-state index >= 15 is 0 Å². The maximum Gasteiger partial charge on any atom is 0.166 e. The van der Waals surface area contributed by atoms with Crippen LogP contribution in [0.2, 0.25) is 0 Å². The van der Waals surface area contributed by atoms with Gasteiger partial charge in [0.2, 0.25) is 0 Å². The molecular formula is C22H28N4OS. The molecule has 1 aromatic heterocycles. The highest BCUT2D eigenvalue weighted by Crippen LogP contribution is 2.31. The van der Waals surface area contributed by atoms with Crippen LogP contribution in [0.5, 0.6) is 5.75 Å². The molecule has 6 heteroatoms. The van der Waals surface area contributed by atoms with Gasteiger partial charge in [0, 0.05) is 42.7 Å². The molecule has 0 saturated heterocycles. The molecule has 0 aliphatic heterocycles. The standard InChI is InChI=1S/C22H28N4OS/c1-26(2)13-12-23-22(28)25-14-19(16-8-10-17(27-3)11-9-16)20-15-24-21-7-5-4-6-18(20)21/h4-11,15,19,24H,12-14H2,1-3H3,(H2,23,25,28)/t19-/m0/s1. The number of methoxy groups -OCH3 is 1. The Hall–Kier alpha value is -2.57. The first-order valence-electron chi connectivity index (χ1n) is 9.45. The molecule has 0 unspecified atom stereocenters. The van der Waals surface area contributed by atoms with E-state index in [1.54, 1.807) is 7.11 Å². The normalized spacial score (nSPS) is 12.1. The molecule has 5 nitrogen and oxygen atoms in total. The number of hydrogen-bond acceptors (Lipinski definition) is 3. The van der Waals surface area contributed by atoms with Gasteiger partial charge in [0.15, 0.2) is 5.11 Å². The van der Waals surface area contributed by atoms with Crippen LogP contribution in [0.4, 0.5) is 0 Å². The van der Waals surface area contributed by atoms with Gasteiger partial charge in [-0.25, -0.2) is 0 Å². The number of nitrogens with one attached hydrogen (secondary N) is 3. The fraction of sp³-hybridized carbons (Fsp3) is 0.318. The third-order valence-electron chi connectivity index (χ3n) is 4.83. The van der Waals surface area contributed by atoms with E-state index in [1.807, 2.05) is 18.2 Å². The van der Waals surface area contributed by atoms with Gasteiger partial charge in [-0.15, -0.1) is 0 Å². The largest absolute Gasteiger partial charge is 0.497 e. The van der Waals surface area contributed by atoms with Crippen LogP contribution in [0.15, 0.2) is 54.7 Å². The highest BCUT2D eigenvalue weighted by atomic mass is 32.1. The van der Waals surface area contributed by atoms with Crippen LogP contribution < -0.4 is 15.4 Å². The Bertz CT molecular complexity index is 904. The number of rotatable bonds is 8. The van der Waals surface area contributed by atoms with Gasteiger partial charge >= 0.3 is 0 Å². The third kappa shape index (κ3) is 5.03. The van der Waals surface area contributed by atoms with Crippen LogP contribution in [0.1, 0.15) is 17.0 Å². The van der Waals surface area contributed by atoms with Gasteiger partial charge in [-0.3, -0.25) is 0 Å². The first kappa shape index (κ1) is 20.2. The Morgan fingerprint density at radius 2 is 1.86 bits per heavy atom. The fourth-order valence-electron chi connectivity index (χ4n) is 3.28. The number of ether oxygens (including phenoxy) is 1. The summed E-state index contributed by atoms with van der Waals surface area (Å²) in [7, 11) is 5.79. The van der Waals surface area contributed by atoms with Gasteiger partial charge in [-0.2, -0.15) is 0 Å². The van der Waals surface area contributed by atoms with Gasteiger partial charge in [-0.05, 0) is 55.6 Å². The van der Waals surface area contributed by atoms with Crippen LogP contribution >= 0.6 is 12.2 Å². The Balaban J connectivity index is 1.79. The summed E-state index contributed by atoms with van der Waals surface area (Å²) in [5.74, 6) is 1.02. The number of thiocarbonyl (C=S) groups is 1. The Morgan fingerprint density at radius 3 is 2.57 bits per heavy atom. The zero-order chi connectivity index (χ0) is 19.9. The van der Waals surface area contributed by atoms with Crippen LogP contribution in [0.25, 0.3) is 10.9 Å². The summed E-state index contributed by atoms with van der Waals surface area (Å²) in [6.45, 7) is 2.47. The number of hydrogen-bond donors (Lipinski definition) is 3. The lowest BCUT2D eigenvalue weighted by atomic mass is 9.91. The van der Waals surface area contributed by atoms with Crippen molar-refractivity contribution in [2.75, 3.05) is 40.8 Å². The molecule has 28 heavy (non-hydrogen) atoms. The van der Waals surface area contributed by atoms with E-state index in [0.717, 1.165) is 24.4 Å². The van der Waals surface area contributed by atoms with E-state index in [9.17, 15) is 0 Å². The fourth-order valence-corrected chi connectivity index (χ4v) is 3.46. The van der Waals surface area contributed by atoms with Crippen molar-refractivity contribution in [2.45, 2.75) is 5.92 Å². The van der Waals surface area contributed by atoms with Crippen molar-refractivity contribution in [3.8, 4) is 5.75 Å². The van der Waals surface area contributed by atoms with Crippen LogP contribution in [0.3, 0.4) is 0 Å². The van der Waals surface area contributed by atoms with Crippen molar-refractivity contribution in [2.24, 2.45) is 0 Å². The lowest BCUT2D eigenvalue weighted by Gasteiger charge is -2.20. The molecule has 148 valence electrons. The van der Waals surface area contributed by atoms with Crippen LogP contribution in [-0.2, 0) is 0 Å². The van der Waals surface area contributed by atoms with Crippen molar-refractivity contribution >= 4 is 28.2 Å². The molecular weight excluding hydrogens is 368 g/mol. The van der Waals surface area contributed by atoms with Crippen LogP contribution in [0, 0.1) is 0 Å². The van der Waals surface area contributed by atoms with Gasteiger partial charge in [0.1, 0.15) is 5.75 Å². The predicted molar refractivity (Wildman–Crippen MR) is 120 cm³/mol. The smallest absolute Gasteiger partial charge is 0.166 e. The number of likely N-dealkylation sites (N-methyl/N-ethyl adjacent to an activating group) is 1. The maximum atomic E-state index is 5.47. The second-order valence-electron chi connectivity index (χ2n) is 7.06. The molecule has 0 aliphatic carbocycles. The van der Waals surface area contributed by atoms with Crippen molar-refractivity contribution in [1.29, 1.82) is 0 Å². The summed E-state index contributed by atoms with van der Waals surface area (Å²) in [5.41, 5.74) is 3.61. The number of para-hydroxylation sites is 1. The molecule has 0 spiro atoms. The van der Waals surface area contributed by atoms with E-state index in [-0.39, 0.29) is 5.92 Å². The number of aromatic nitrogens is 1. The molecule has 3 aromatic rings. The highest BCUT2D eigenvalue weighted by Gasteiger charge is 2.18. The molecule has 1 atom stereocenters. The average molecular weight is 397 g/mol. The summed E-state index contributed by atoms with van der Waals surface area (Å²) < 4.78 is 5.32. The van der Waals surface area contributed by atoms with E-state index in [2.05, 4.69) is 71.1 Å². The minimum absolute atomic E-state index is 0.163. The van der Waals surface area contributed by atoms with Crippen molar-refractivity contribution in [3.63, 3.8) is 0 Å². The molecule has 3 N–H and O–H groups in total. The van der Waals surface area contributed by atoms with Crippen molar-refractivity contribution in [1.82, 2.24) is 20.5 Å². The SMILES string of the molecule is COc1ccc([C@H](CNC(=S)NCCN(C)C)c2c[nH]c3ccccc23)cc1. The summed E-state index contributed by atoms with van der Waals surface area (Å²) in [6, 6.07) is 16.6. The highest BCUT2D eigenvalue weighted by molar-refractivity contribution is 7.80. The maximum absolute atomic E-state index is 5.47. The number of benzene rings is 2. The Kier molecular flexibility index (Phi) is 6.90. The molecule has 0 radical (unpaired) electrons. The predicted octanol–water partition coefficient (Wildman–Crippen LogP) is 3.33. The molecule has 0 fully saturated rings. The summed E-state index contributed by atoms with van der Waals surface area (Å²) >= 11 is 5.47. The Morgan fingerprint density at radius 1 is 1.11 bits per heavy atom. The zero-order valence-electron chi connectivity index (χ0n) is 16.7.